The van der Waals surface area contributed by atoms with Crippen LogP contribution in [0, 0.1) is 0 Å². The largest absolute Gasteiger partial charge is 0.365 e. The van der Waals surface area contributed by atoms with Gasteiger partial charge in [-0.1, -0.05) is 155 Å². The lowest BCUT2D eigenvalue weighted by Crippen LogP contribution is -2.49. The van der Waals surface area contributed by atoms with Crippen LogP contribution in [-0.2, 0) is 4.79 Å². The summed E-state index contributed by atoms with van der Waals surface area (Å²) in [6.45, 7) is 5.81. The Labute approximate surface area is 231 Å². The molecule has 0 rings (SSSR count). The molecule has 0 aliphatic heterocycles. The Morgan fingerprint density at radius 2 is 0.811 bits per heavy atom. The molecule has 0 saturated carbocycles. The van der Waals surface area contributed by atoms with Gasteiger partial charge in [0.15, 0.2) is 5.81 Å². The molecule has 0 bridgehead atoms. The van der Waals surface area contributed by atoms with E-state index in [2.05, 4.69) is 24.5 Å². The van der Waals surface area contributed by atoms with Crippen LogP contribution in [0.25, 0.3) is 0 Å². The zero-order valence-electron chi connectivity index (χ0n) is 24.9. The van der Waals surface area contributed by atoms with Crippen molar-refractivity contribution in [2.45, 2.75) is 174 Å². The van der Waals surface area contributed by atoms with E-state index < -0.39 is 5.94 Å². The number of carbonyl (C=O) groups excluding carboxylic acids is 2. The van der Waals surface area contributed by atoms with Gasteiger partial charge in [0.25, 0.3) is 7.28 Å². The number of hydrogen-bond donors (Lipinski definition) is 3. The van der Waals surface area contributed by atoms with Gasteiger partial charge in [-0.2, -0.15) is 0 Å². The molecule has 1 atom stereocenters. The molecule has 0 fully saturated rings. The third kappa shape index (κ3) is 27.8. The zero-order chi connectivity index (χ0) is 27.2. The number of hydrogen-bond acceptors (Lipinski definition) is 3. The average molecular weight is 521 g/mol. The molecule has 0 spiro atoms. The highest BCUT2D eigenvalue weighted by atomic mass is 16.2. The van der Waals surface area contributed by atoms with Crippen LogP contribution >= 0.6 is 0 Å². The quantitative estimate of drug-likeness (QED) is 0.0686. The normalized spacial score (nSPS) is 11.9. The van der Waals surface area contributed by atoms with Gasteiger partial charge >= 0.3 is 0 Å². The fourth-order valence-electron chi connectivity index (χ4n) is 4.77. The highest BCUT2D eigenvalue weighted by molar-refractivity contribution is 6.77. The molecule has 0 saturated heterocycles. The molecule has 0 aromatic carbocycles. The molecule has 1 radical (unpaired) electrons. The van der Waals surface area contributed by atoms with Crippen LogP contribution in [0.3, 0.4) is 0 Å². The average Bonchev–Trinajstić information content (AvgIpc) is 2.89. The second-order valence-corrected chi connectivity index (χ2v) is 11.1. The smallest absolute Gasteiger partial charge is 0.265 e. The van der Waals surface area contributed by atoms with Gasteiger partial charge < -0.3 is 16.4 Å². The molecule has 6 heteroatoms. The molecule has 0 aromatic rings. The predicted molar refractivity (Wildman–Crippen MR) is 162 cm³/mol. The van der Waals surface area contributed by atoms with Crippen molar-refractivity contribution in [3.8, 4) is 0 Å². The molecule has 0 aliphatic carbocycles. The van der Waals surface area contributed by atoms with Crippen molar-refractivity contribution in [3.63, 3.8) is 0 Å². The highest BCUT2D eigenvalue weighted by Gasteiger charge is 2.18. The van der Waals surface area contributed by atoms with Crippen molar-refractivity contribution in [1.29, 1.82) is 0 Å². The maximum atomic E-state index is 12.1. The van der Waals surface area contributed by atoms with Crippen LogP contribution in [0.4, 0.5) is 4.79 Å². The Kier molecular flexibility index (Phi) is 28.7. The molecule has 2 amide bonds. The van der Waals surface area contributed by atoms with E-state index in [1.165, 1.54) is 136 Å². The van der Waals surface area contributed by atoms with Gasteiger partial charge in [0.2, 0.25) is 5.91 Å². The van der Waals surface area contributed by atoms with Crippen molar-refractivity contribution in [1.82, 2.24) is 10.6 Å². The maximum absolute atomic E-state index is 12.1. The minimum atomic E-state index is -0.875. The molecular formula is C31H63BN3O2. The first-order chi connectivity index (χ1) is 18.1. The number of nitrogens with two attached hydrogens (primary N) is 1. The SMILES string of the molecule is CCCCCCCCCCCCCCCCNC(=O)[B][C@H](N)C(=O)NCCCCCCCCCCCC. The summed E-state index contributed by atoms with van der Waals surface area (Å²) >= 11 is 0. The summed E-state index contributed by atoms with van der Waals surface area (Å²) in [5.74, 6) is -1.38. The summed E-state index contributed by atoms with van der Waals surface area (Å²) in [5.41, 5.74) is 5.88. The second kappa shape index (κ2) is 29.5. The maximum Gasteiger partial charge on any atom is 0.265 e. The van der Waals surface area contributed by atoms with Crippen LogP contribution in [0.15, 0.2) is 0 Å². The first kappa shape index (κ1) is 36.0. The highest BCUT2D eigenvalue weighted by Crippen LogP contribution is 2.13. The van der Waals surface area contributed by atoms with Gasteiger partial charge in [0, 0.05) is 13.1 Å². The van der Waals surface area contributed by atoms with Crippen LogP contribution in [0.2, 0.25) is 0 Å². The van der Waals surface area contributed by atoms with E-state index in [4.69, 9.17) is 5.73 Å². The minimum Gasteiger partial charge on any atom is -0.365 e. The van der Waals surface area contributed by atoms with Crippen LogP contribution < -0.4 is 16.4 Å². The van der Waals surface area contributed by atoms with E-state index in [9.17, 15) is 9.59 Å². The van der Waals surface area contributed by atoms with Gasteiger partial charge in [-0.05, 0) is 12.8 Å². The van der Waals surface area contributed by atoms with Crippen molar-refractivity contribution in [3.05, 3.63) is 0 Å². The Balaban J connectivity index is 3.42. The van der Waals surface area contributed by atoms with Crippen molar-refractivity contribution in [2.24, 2.45) is 5.73 Å². The van der Waals surface area contributed by atoms with Gasteiger partial charge in [-0.25, -0.2) is 0 Å². The monoisotopic (exact) mass is 521 g/mol. The van der Waals surface area contributed by atoms with E-state index in [1.54, 1.807) is 0 Å². The summed E-state index contributed by atoms with van der Waals surface area (Å²) in [4.78, 5) is 24.1. The molecule has 0 heterocycles. The summed E-state index contributed by atoms with van der Waals surface area (Å²) in [6, 6.07) is 0. The number of nitrogens with one attached hydrogen (secondary N) is 2. The molecular weight excluding hydrogens is 457 g/mol. The number of unbranched alkanes of at least 4 members (excludes halogenated alkanes) is 22. The van der Waals surface area contributed by atoms with E-state index >= 15 is 0 Å². The summed E-state index contributed by atoms with van der Waals surface area (Å²) < 4.78 is 0. The molecule has 0 unspecified atom stereocenters. The zero-order valence-corrected chi connectivity index (χ0v) is 24.9. The van der Waals surface area contributed by atoms with Crippen LogP contribution in [0.1, 0.15) is 168 Å². The first-order valence-electron chi connectivity index (χ1n) is 16.3. The second-order valence-electron chi connectivity index (χ2n) is 11.1. The number of carbonyl (C=O) groups is 2. The third-order valence-corrected chi connectivity index (χ3v) is 7.29. The predicted octanol–water partition coefficient (Wildman–Crippen LogP) is 8.20. The Morgan fingerprint density at radius 3 is 1.16 bits per heavy atom. The standard InChI is InChI=1S/C31H63BN3O2/c1-3-5-7-9-11-13-15-16-17-18-20-22-24-26-28-35-31(37)32-29(33)30(36)34-27-25-23-21-19-14-12-10-8-6-4-2/h29H,3-28,33H2,1-2H3,(H,34,36)(H,35,37)/t29-/m1/s1. The Morgan fingerprint density at radius 1 is 0.514 bits per heavy atom. The molecule has 37 heavy (non-hydrogen) atoms. The van der Waals surface area contributed by atoms with E-state index in [0.29, 0.717) is 13.1 Å². The van der Waals surface area contributed by atoms with Gasteiger partial charge in [0.1, 0.15) is 0 Å². The number of rotatable bonds is 29. The van der Waals surface area contributed by atoms with Crippen LogP contribution in [0.5, 0.6) is 0 Å². The summed E-state index contributed by atoms with van der Waals surface area (Å²) in [6.07, 6.45) is 31.2. The van der Waals surface area contributed by atoms with E-state index in [0.717, 1.165) is 25.7 Å². The van der Waals surface area contributed by atoms with E-state index in [-0.39, 0.29) is 11.7 Å². The van der Waals surface area contributed by atoms with Gasteiger partial charge in [0.05, 0.1) is 5.94 Å². The third-order valence-electron chi connectivity index (χ3n) is 7.29. The molecule has 4 N–H and O–H groups in total. The van der Waals surface area contributed by atoms with Gasteiger partial charge in [-0.3, -0.25) is 9.59 Å². The topological polar surface area (TPSA) is 84.2 Å². The lowest BCUT2D eigenvalue weighted by Gasteiger charge is -2.11. The van der Waals surface area contributed by atoms with Crippen LogP contribution in [-0.4, -0.2) is 38.0 Å². The lowest BCUT2D eigenvalue weighted by atomic mass is 9.68. The first-order valence-corrected chi connectivity index (χ1v) is 16.3. The fourth-order valence-corrected chi connectivity index (χ4v) is 4.77. The van der Waals surface area contributed by atoms with Crippen molar-refractivity contribution in [2.75, 3.05) is 13.1 Å². The molecule has 5 nitrogen and oxygen atoms in total. The lowest BCUT2D eigenvalue weighted by molar-refractivity contribution is -0.120. The summed E-state index contributed by atoms with van der Waals surface area (Å²) in [7, 11) is 1.30. The van der Waals surface area contributed by atoms with Gasteiger partial charge in [-0.15, -0.1) is 0 Å². The molecule has 0 aliphatic rings. The molecule has 0 aromatic heterocycles. The minimum absolute atomic E-state index is 0.240. The fraction of sp³-hybridized carbons (Fsp3) is 0.935. The molecule has 217 valence electrons. The van der Waals surface area contributed by atoms with Crippen molar-refractivity contribution >= 4 is 19.0 Å². The Hall–Kier alpha value is -1.04. The Bertz CT molecular complexity index is 505. The summed E-state index contributed by atoms with van der Waals surface area (Å²) in [5, 5.41) is 5.73. The van der Waals surface area contributed by atoms with E-state index in [1.807, 2.05) is 0 Å². The number of amides is 2. The van der Waals surface area contributed by atoms with Crippen molar-refractivity contribution < 1.29 is 9.59 Å².